The lowest BCUT2D eigenvalue weighted by Crippen LogP contribution is -2.28. The van der Waals surface area contributed by atoms with Crippen LogP contribution in [0.4, 0.5) is 5.82 Å². The summed E-state index contributed by atoms with van der Waals surface area (Å²) in [5.41, 5.74) is 6.38. The number of methoxy groups -OCH3 is 2. The molecule has 0 saturated carbocycles. The summed E-state index contributed by atoms with van der Waals surface area (Å²) >= 11 is 1.37. The maximum absolute atomic E-state index is 6.00. The molecule has 0 aliphatic carbocycles. The van der Waals surface area contributed by atoms with Crippen molar-refractivity contribution in [1.29, 1.82) is 0 Å². The second-order valence-electron chi connectivity index (χ2n) is 6.92. The number of benzene rings is 2. The quantitative estimate of drug-likeness (QED) is 0.549. The first-order chi connectivity index (χ1) is 14.8. The maximum Gasteiger partial charge on any atom is 0.191 e. The van der Waals surface area contributed by atoms with Crippen LogP contribution in [0.1, 0.15) is 11.1 Å². The van der Waals surface area contributed by atoms with Crippen LogP contribution in [0, 0.1) is 0 Å². The molecule has 9 heteroatoms. The van der Waals surface area contributed by atoms with Crippen LogP contribution in [0.25, 0.3) is 11.0 Å². The Morgan fingerprint density at radius 1 is 1.27 bits per heavy atom. The minimum Gasteiger partial charge on any atom is -0.495 e. The molecule has 0 radical (unpaired) electrons. The van der Waals surface area contributed by atoms with Crippen LogP contribution >= 0.6 is 11.9 Å². The summed E-state index contributed by atoms with van der Waals surface area (Å²) in [7, 11) is 3.27. The number of aromatic nitrogens is 1. The number of nitrogens with zero attached hydrogens (tertiary/aromatic N) is 2. The fourth-order valence-corrected chi connectivity index (χ4v) is 4.62. The van der Waals surface area contributed by atoms with E-state index in [1.807, 2.05) is 18.2 Å². The molecule has 0 unspecified atom stereocenters. The van der Waals surface area contributed by atoms with Crippen molar-refractivity contribution < 1.29 is 18.7 Å². The van der Waals surface area contributed by atoms with Gasteiger partial charge in [0.1, 0.15) is 27.5 Å². The van der Waals surface area contributed by atoms with E-state index in [9.17, 15) is 0 Å². The summed E-state index contributed by atoms with van der Waals surface area (Å²) < 4.78 is 25.9. The van der Waals surface area contributed by atoms with Crippen molar-refractivity contribution in [1.82, 2.24) is 15.6 Å². The Kier molecular flexibility index (Phi) is 5.06. The Morgan fingerprint density at radius 3 is 2.83 bits per heavy atom. The van der Waals surface area contributed by atoms with Gasteiger partial charge in [0.05, 0.1) is 27.4 Å². The predicted octanol–water partition coefficient (Wildman–Crippen LogP) is 3.73. The highest BCUT2D eigenvalue weighted by Crippen LogP contribution is 2.44. The van der Waals surface area contributed by atoms with Gasteiger partial charge in [-0.15, -0.1) is 0 Å². The first-order valence-electron chi connectivity index (χ1n) is 9.66. The zero-order valence-corrected chi connectivity index (χ0v) is 17.5. The molecule has 2 aliphatic heterocycles. The van der Waals surface area contributed by atoms with Crippen molar-refractivity contribution >= 4 is 28.7 Å². The Morgan fingerprint density at radius 2 is 2.10 bits per heavy atom. The molecule has 2 N–H and O–H groups in total. The molecule has 3 heterocycles. The van der Waals surface area contributed by atoms with Gasteiger partial charge in [-0.25, -0.2) is 5.43 Å². The van der Waals surface area contributed by atoms with Gasteiger partial charge in [-0.3, -0.25) is 0 Å². The number of nitrogens with one attached hydrogen (secondary N) is 2. The molecule has 5 rings (SSSR count). The zero-order chi connectivity index (χ0) is 20.5. The van der Waals surface area contributed by atoms with Gasteiger partial charge in [-0.1, -0.05) is 17.3 Å². The van der Waals surface area contributed by atoms with E-state index in [-0.39, 0.29) is 0 Å². The second-order valence-corrected chi connectivity index (χ2v) is 7.73. The molecular weight excluding hydrogens is 404 g/mol. The number of hydrogen-bond donors (Lipinski definition) is 2. The molecule has 1 aromatic heterocycles. The van der Waals surface area contributed by atoms with Crippen LogP contribution in [0.15, 0.2) is 46.0 Å². The number of hydrazine groups is 1. The third kappa shape index (κ3) is 3.29. The first kappa shape index (κ1) is 19.0. The van der Waals surface area contributed by atoms with Crippen LogP contribution in [0.5, 0.6) is 17.2 Å². The molecule has 0 saturated heterocycles. The van der Waals surface area contributed by atoms with E-state index in [1.54, 1.807) is 14.2 Å². The van der Waals surface area contributed by atoms with Crippen LogP contribution in [0.3, 0.4) is 0 Å². The first-order valence-corrected chi connectivity index (χ1v) is 10.5. The highest BCUT2D eigenvalue weighted by Gasteiger charge is 2.26. The van der Waals surface area contributed by atoms with Gasteiger partial charge in [-0.05, 0) is 35.7 Å². The van der Waals surface area contributed by atoms with Gasteiger partial charge in [0.15, 0.2) is 11.4 Å². The van der Waals surface area contributed by atoms with Crippen molar-refractivity contribution in [3.8, 4) is 17.2 Å². The fourth-order valence-electron chi connectivity index (χ4n) is 3.77. The Labute approximate surface area is 178 Å². The van der Waals surface area contributed by atoms with Gasteiger partial charge in [0, 0.05) is 24.7 Å². The molecule has 3 aromatic rings. The van der Waals surface area contributed by atoms with Crippen LogP contribution in [0.2, 0.25) is 0 Å². The molecule has 8 nitrogen and oxygen atoms in total. The summed E-state index contributed by atoms with van der Waals surface area (Å²) in [6, 6.07) is 7.73. The minimum atomic E-state index is 0.617. The minimum absolute atomic E-state index is 0.617. The standard InChI is InChI=1S/C21H22N4O4S/c1-26-15-5-3-6-16(27-2)20(15)30-24-21-18-17(29-23-21)11-13(12-25-9-4-8-22-25)14-7-10-28-19(14)18/h3-6,9,11,22H,7-8,10,12H2,1-2H3,(H,23,24). The van der Waals surface area contributed by atoms with Crippen molar-refractivity contribution in [3.05, 3.63) is 47.7 Å². The average Bonchev–Trinajstić information content (AvgIpc) is 3.52. The molecule has 2 aliphatic rings. The largest absolute Gasteiger partial charge is 0.495 e. The molecule has 0 bridgehead atoms. The monoisotopic (exact) mass is 426 g/mol. The number of rotatable bonds is 7. The number of hydrogen-bond acceptors (Lipinski definition) is 9. The van der Waals surface area contributed by atoms with E-state index < -0.39 is 0 Å². The number of fused-ring (bicyclic) bond motifs is 3. The molecule has 30 heavy (non-hydrogen) atoms. The number of anilines is 1. The van der Waals surface area contributed by atoms with E-state index >= 15 is 0 Å². The second kappa shape index (κ2) is 8.00. The summed E-state index contributed by atoms with van der Waals surface area (Å²) in [6.45, 7) is 2.25. The van der Waals surface area contributed by atoms with E-state index in [4.69, 9.17) is 18.7 Å². The summed E-state index contributed by atoms with van der Waals surface area (Å²) in [5.74, 6) is 2.90. The molecule has 0 spiro atoms. The molecule has 0 amide bonds. The zero-order valence-electron chi connectivity index (χ0n) is 16.7. The SMILES string of the molecule is COc1cccc(OC)c1SNc1noc2cc(CN3C=CCN3)c3c(c12)OCC3. The Hall–Kier alpha value is -3.04. The van der Waals surface area contributed by atoms with Gasteiger partial charge < -0.3 is 28.5 Å². The Bertz CT molecular complexity index is 1090. The third-order valence-corrected chi connectivity index (χ3v) is 6.08. The molecule has 0 atom stereocenters. The molecule has 0 fully saturated rings. The highest BCUT2D eigenvalue weighted by atomic mass is 32.2. The van der Waals surface area contributed by atoms with Crippen molar-refractivity contribution in [3.63, 3.8) is 0 Å². The van der Waals surface area contributed by atoms with Gasteiger partial charge in [0.25, 0.3) is 0 Å². The van der Waals surface area contributed by atoms with Crippen molar-refractivity contribution in [2.24, 2.45) is 0 Å². The number of ether oxygens (including phenoxy) is 3. The van der Waals surface area contributed by atoms with Gasteiger partial charge in [0.2, 0.25) is 0 Å². The normalized spacial score (nSPS) is 14.8. The topological polar surface area (TPSA) is 81.0 Å². The smallest absolute Gasteiger partial charge is 0.191 e. The maximum atomic E-state index is 6.00. The lowest BCUT2D eigenvalue weighted by Gasteiger charge is -2.18. The Balaban J connectivity index is 1.47. The summed E-state index contributed by atoms with van der Waals surface area (Å²) in [6.07, 6.45) is 5.02. The van der Waals surface area contributed by atoms with Gasteiger partial charge >= 0.3 is 0 Å². The predicted molar refractivity (Wildman–Crippen MR) is 115 cm³/mol. The fraction of sp³-hybridized carbons (Fsp3) is 0.286. The summed E-state index contributed by atoms with van der Waals surface area (Å²) in [5, 5.41) is 7.19. The van der Waals surface area contributed by atoms with Gasteiger partial charge in [-0.2, -0.15) is 0 Å². The molecule has 2 aromatic carbocycles. The highest BCUT2D eigenvalue weighted by molar-refractivity contribution is 8.00. The van der Waals surface area contributed by atoms with E-state index in [0.29, 0.717) is 18.0 Å². The van der Waals surface area contributed by atoms with E-state index in [1.165, 1.54) is 23.1 Å². The van der Waals surface area contributed by atoms with Crippen molar-refractivity contribution in [2.45, 2.75) is 17.9 Å². The van der Waals surface area contributed by atoms with Crippen LogP contribution in [-0.4, -0.2) is 37.5 Å². The van der Waals surface area contributed by atoms with E-state index in [0.717, 1.165) is 47.0 Å². The lowest BCUT2D eigenvalue weighted by molar-refractivity contribution is 0.298. The van der Waals surface area contributed by atoms with E-state index in [2.05, 4.69) is 38.7 Å². The third-order valence-electron chi connectivity index (χ3n) is 5.18. The average molecular weight is 426 g/mol. The lowest BCUT2D eigenvalue weighted by atomic mass is 10.0. The molecule has 156 valence electrons. The van der Waals surface area contributed by atoms with Crippen molar-refractivity contribution in [2.75, 3.05) is 32.1 Å². The van der Waals surface area contributed by atoms with Crippen LogP contribution in [-0.2, 0) is 13.0 Å². The van der Waals surface area contributed by atoms with Crippen LogP contribution < -0.4 is 24.4 Å². The molecular formula is C21H22N4O4S. The summed E-state index contributed by atoms with van der Waals surface area (Å²) in [4.78, 5) is 0.833.